The molecule has 5 nitrogen and oxygen atoms in total. The van der Waals surface area contributed by atoms with Crippen LogP contribution in [0.3, 0.4) is 0 Å². The fraction of sp³-hybridized carbons (Fsp3) is 0.211. The van der Waals surface area contributed by atoms with Crippen LogP contribution in [-0.4, -0.2) is 33.7 Å². The largest absolute Gasteiger partial charge is 0.325 e. The van der Waals surface area contributed by atoms with Gasteiger partial charge >= 0.3 is 0 Å². The molecular weight excluding hydrogens is 433 g/mol. The summed E-state index contributed by atoms with van der Waals surface area (Å²) in [4.78, 5) is 31.2. The maximum absolute atomic E-state index is 13.0. The van der Waals surface area contributed by atoms with Crippen molar-refractivity contribution in [3.05, 3.63) is 58.8 Å². The maximum atomic E-state index is 13.0. The average Bonchev–Trinajstić information content (AvgIpc) is 2.65. The third-order valence-corrected chi connectivity index (χ3v) is 5.63. The van der Waals surface area contributed by atoms with Crippen LogP contribution in [-0.2, 0) is 9.59 Å². The number of halogens is 2. The second kappa shape index (κ2) is 8.67. The molecule has 2 aromatic carbocycles. The van der Waals surface area contributed by atoms with Gasteiger partial charge in [-0.05, 0) is 55.5 Å². The van der Waals surface area contributed by atoms with E-state index in [1.807, 2.05) is 31.2 Å². The van der Waals surface area contributed by atoms with E-state index in [0.717, 1.165) is 4.47 Å². The Balaban J connectivity index is 1.79. The van der Waals surface area contributed by atoms with Gasteiger partial charge in [-0.25, -0.2) is 9.38 Å². The van der Waals surface area contributed by atoms with Gasteiger partial charge in [-0.1, -0.05) is 27.7 Å². The normalized spacial score (nSPS) is 18.6. The summed E-state index contributed by atoms with van der Waals surface area (Å²) in [7, 11) is 0. The highest BCUT2D eigenvalue weighted by Crippen LogP contribution is 2.30. The maximum Gasteiger partial charge on any atom is 0.238 e. The summed E-state index contributed by atoms with van der Waals surface area (Å²) < 4.78 is 13.9. The van der Waals surface area contributed by atoms with E-state index < -0.39 is 5.25 Å². The molecule has 2 amide bonds. The second-order valence-corrected chi connectivity index (χ2v) is 7.90. The Morgan fingerprint density at radius 1 is 1.26 bits per heavy atom. The Labute approximate surface area is 169 Å². The Morgan fingerprint density at radius 3 is 2.56 bits per heavy atom. The van der Waals surface area contributed by atoms with Crippen LogP contribution in [0.25, 0.3) is 0 Å². The number of anilines is 1. The second-order valence-electron chi connectivity index (χ2n) is 5.82. The van der Waals surface area contributed by atoms with Crippen LogP contribution in [0.4, 0.5) is 15.8 Å². The van der Waals surface area contributed by atoms with Gasteiger partial charge in [0.05, 0.1) is 5.69 Å². The van der Waals surface area contributed by atoms with Crippen LogP contribution in [0.2, 0.25) is 0 Å². The number of nitrogens with zero attached hydrogens (tertiary/aromatic N) is 2. The number of nitrogens with one attached hydrogen (secondary N) is 1. The molecule has 0 saturated carbocycles. The van der Waals surface area contributed by atoms with Gasteiger partial charge in [0.2, 0.25) is 11.8 Å². The molecule has 0 aliphatic carbocycles. The van der Waals surface area contributed by atoms with Gasteiger partial charge in [0.15, 0.2) is 5.17 Å². The summed E-state index contributed by atoms with van der Waals surface area (Å²) >= 11 is 4.63. The van der Waals surface area contributed by atoms with Crippen LogP contribution in [0.15, 0.2) is 58.0 Å². The number of amides is 2. The molecule has 1 aliphatic heterocycles. The van der Waals surface area contributed by atoms with Crippen molar-refractivity contribution in [3.8, 4) is 0 Å². The van der Waals surface area contributed by atoms with Gasteiger partial charge < -0.3 is 5.32 Å². The minimum atomic E-state index is -0.598. The molecule has 0 spiro atoms. The molecular formula is C19H17BrFN3O2S. The van der Waals surface area contributed by atoms with Crippen molar-refractivity contribution in [2.45, 2.75) is 18.6 Å². The average molecular weight is 450 g/mol. The number of benzene rings is 2. The van der Waals surface area contributed by atoms with E-state index in [1.54, 1.807) is 4.90 Å². The smallest absolute Gasteiger partial charge is 0.238 e. The number of thioether (sulfide) groups is 1. The first-order chi connectivity index (χ1) is 13.0. The summed E-state index contributed by atoms with van der Waals surface area (Å²) in [5.41, 5.74) is 1.19. The van der Waals surface area contributed by atoms with Crippen LogP contribution in [0.5, 0.6) is 0 Å². The van der Waals surface area contributed by atoms with Crippen molar-refractivity contribution >= 4 is 56.0 Å². The van der Waals surface area contributed by atoms with Crippen molar-refractivity contribution in [3.63, 3.8) is 0 Å². The topological polar surface area (TPSA) is 61.8 Å². The highest BCUT2D eigenvalue weighted by molar-refractivity contribution is 9.10. The fourth-order valence-corrected chi connectivity index (χ4v) is 3.96. The predicted molar refractivity (Wildman–Crippen MR) is 110 cm³/mol. The van der Waals surface area contributed by atoms with Crippen LogP contribution in [0.1, 0.15) is 13.3 Å². The minimum absolute atomic E-state index is 0.0882. The van der Waals surface area contributed by atoms with Crippen LogP contribution in [0, 0.1) is 5.82 Å². The van der Waals surface area contributed by atoms with Crippen LogP contribution >= 0.6 is 27.7 Å². The monoisotopic (exact) mass is 449 g/mol. The van der Waals surface area contributed by atoms with Gasteiger partial charge in [0, 0.05) is 23.1 Å². The molecule has 1 unspecified atom stereocenters. The summed E-state index contributed by atoms with van der Waals surface area (Å²) in [5.74, 6) is -0.830. The first-order valence-corrected chi connectivity index (χ1v) is 10.0. The summed E-state index contributed by atoms with van der Waals surface area (Å²) in [6, 6.07) is 12.9. The number of hydrogen-bond acceptors (Lipinski definition) is 4. The molecule has 0 radical (unpaired) electrons. The van der Waals surface area contributed by atoms with Gasteiger partial charge in [-0.2, -0.15) is 0 Å². The lowest BCUT2D eigenvalue weighted by Gasteiger charge is -2.30. The van der Waals surface area contributed by atoms with Crippen molar-refractivity contribution < 1.29 is 14.0 Å². The number of aliphatic imine (C=N–C) groups is 1. The fourth-order valence-electron chi connectivity index (χ4n) is 2.53. The Morgan fingerprint density at radius 2 is 1.93 bits per heavy atom. The molecule has 1 aliphatic rings. The lowest BCUT2D eigenvalue weighted by molar-refractivity contribution is -0.129. The van der Waals surface area contributed by atoms with E-state index in [9.17, 15) is 14.0 Å². The Kier molecular flexibility index (Phi) is 6.28. The molecule has 0 aromatic heterocycles. The summed E-state index contributed by atoms with van der Waals surface area (Å²) in [6.07, 6.45) is 0.0882. The molecule has 1 saturated heterocycles. The van der Waals surface area contributed by atoms with Crippen molar-refractivity contribution in [1.82, 2.24) is 4.90 Å². The predicted octanol–water partition coefficient (Wildman–Crippen LogP) is 4.57. The van der Waals surface area contributed by atoms with E-state index in [2.05, 4.69) is 26.2 Å². The van der Waals surface area contributed by atoms with Gasteiger partial charge in [0.25, 0.3) is 0 Å². The molecule has 3 rings (SSSR count). The number of rotatable bonds is 4. The zero-order valence-corrected chi connectivity index (χ0v) is 16.9. The first-order valence-electron chi connectivity index (χ1n) is 8.34. The molecule has 1 N–H and O–H groups in total. The zero-order chi connectivity index (χ0) is 19.4. The van der Waals surface area contributed by atoms with E-state index in [4.69, 9.17) is 0 Å². The third-order valence-electron chi connectivity index (χ3n) is 3.91. The highest BCUT2D eigenvalue weighted by atomic mass is 79.9. The molecule has 1 atom stereocenters. The lowest BCUT2D eigenvalue weighted by Crippen LogP contribution is -2.45. The molecule has 1 heterocycles. The lowest BCUT2D eigenvalue weighted by atomic mass is 10.2. The Bertz CT molecular complexity index is 872. The van der Waals surface area contributed by atoms with Gasteiger partial charge in [0.1, 0.15) is 11.1 Å². The van der Waals surface area contributed by atoms with Crippen molar-refractivity contribution in [2.75, 3.05) is 11.9 Å². The number of amidine groups is 1. The van der Waals surface area contributed by atoms with Gasteiger partial charge in [-0.15, -0.1) is 0 Å². The van der Waals surface area contributed by atoms with Crippen LogP contribution < -0.4 is 5.32 Å². The highest BCUT2D eigenvalue weighted by Gasteiger charge is 2.35. The number of carbonyl (C=O) groups is 2. The van der Waals surface area contributed by atoms with Crippen molar-refractivity contribution in [2.24, 2.45) is 4.99 Å². The van der Waals surface area contributed by atoms with E-state index in [1.165, 1.54) is 36.0 Å². The minimum Gasteiger partial charge on any atom is -0.325 e. The Hall–Kier alpha value is -2.19. The molecule has 2 aromatic rings. The van der Waals surface area contributed by atoms with Crippen molar-refractivity contribution in [1.29, 1.82) is 0 Å². The number of carbonyl (C=O) groups excluding carboxylic acids is 2. The first kappa shape index (κ1) is 19.6. The molecule has 0 bridgehead atoms. The molecule has 27 heavy (non-hydrogen) atoms. The quantitative estimate of drug-likeness (QED) is 0.743. The van der Waals surface area contributed by atoms with E-state index in [0.29, 0.717) is 23.1 Å². The summed E-state index contributed by atoms with van der Waals surface area (Å²) in [6.45, 7) is 2.35. The molecule has 140 valence electrons. The number of hydrogen-bond donors (Lipinski definition) is 1. The standard InChI is InChI=1S/C19H17BrFN3O2S/c1-2-24-17(25)11-16(18(26)22-14-9-5-13(21)6-10-14)27-19(24)23-15-7-3-12(20)4-8-15/h3-10,16H,2,11H2,1H3,(H,22,26). The van der Waals surface area contributed by atoms with Gasteiger partial charge in [-0.3, -0.25) is 14.5 Å². The third kappa shape index (κ3) is 4.95. The van der Waals surface area contributed by atoms with E-state index >= 15 is 0 Å². The SMILES string of the molecule is CCN1C(=O)CC(C(=O)Nc2ccc(F)cc2)SC1=Nc1ccc(Br)cc1. The summed E-state index contributed by atoms with van der Waals surface area (Å²) in [5, 5.41) is 2.62. The molecule has 8 heteroatoms. The molecule has 1 fully saturated rings. The zero-order valence-electron chi connectivity index (χ0n) is 14.5. The van der Waals surface area contributed by atoms with E-state index in [-0.39, 0.29) is 24.1 Å².